The number of carbonyl (C=O) groups excluding carboxylic acids is 1. The number of aromatic nitrogens is 2. The van der Waals surface area contributed by atoms with Gasteiger partial charge >= 0.3 is 0 Å². The van der Waals surface area contributed by atoms with Gasteiger partial charge in [0.1, 0.15) is 5.82 Å². The molecule has 4 rings (SSSR count). The summed E-state index contributed by atoms with van der Waals surface area (Å²) in [5.41, 5.74) is 4.28. The minimum absolute atomic E-state index is 0.00115. The van der Waals surface area contributed by atoms with Crippen molar-refractivity contribution in [2.45, 2.75) is 18.7 Å². The summed E-state index contributed by atoms with van der Waals surface area (Å²) in [6, 6.07) is 20.5. The van der Waals surface area contributed by atoms with Crippen LogP contribution in [0.15, 0.2) is 60.7 Å². The lowest BCUT2D eigenvalue weighted by molar-refractivity contribution is -0.115. The van der Waals surface area contributed by atoms with Crippen molar-refractivity contribution in [1.82, 2.24) is 9.78 Å². The Morgan fingerprint density at radius 2 is 2.00 bits per heavy atom. The van der Waals surface area contributed by atoms with Gasteiger partial charge in [-0.1, -0.05) is 54.1 Å². The molecule has 0 saturated carbocycles. The lowest BCUT2D eigenvalue weighted by Gasteiger charge is -2.20. The fourth-order valence-electron chi connectivity index (χ4n) is 3.19. The summed E-state index contributed by atoms with van der Waals surface area (Å²) in [5, 5.41) is 7.94. The van der Waals surface area contributed by atoms with E-state index in [-0.39, 0.29) is 11.2 Å². The number of nitrogens with zero attached hydrogens (tertiary/aromatic N) is 2. The van der Waals surface area contributed by atoms with E-state index in [1.165, 1.54) is 5.56 Å². The molecule has 1 fully saturated rings. The van der Waals surface area contributed by atoms with Crippen molar-refractivity contribution >= 4 is 35.2 Å². The number of hydrogen-bond donors (Lipinski definition) is 1. The van der Waals surface area contributed by atoms with Gasteiger partial charge in [0.15, 0.2) is 0 Å². The van der Waals surface area contributed by atoms with E-state index in [1.807, 2.05) is 46.8 Å². The maximum atomic E-state index is 12.8. The second kappa shape index (κ2) is 8.88. The Bertz CT molecular complexity index is 949. The summed E-state index contributed by atoms with van der Waals surface area (Å²) in [4.78, 5) is 12.8. The quantitative estimate of drug-likeness (QED) is 0.664. The zero-order chi connectivity index (χ0) is 19.3. The molecule has 6 heteroatoms. The number of anilines is 1. The Morgan fingerprint density at radius 3 is 2.75 bits per heavy atom. The molecular formula is C22H23N3OS2. The van der Waals surface area contributed by atoms with Gasteiger partial charge in [-0.2, -0.15) is 16.9 Å². The predicted octanol–water partition coefficient (Wildman–Crippen LogP) is 4.69. The SMILES string of the molecule is Cc1cccc(-c2cc(NC(=O)C3CSCCS3)n(Cc3ccccc3)n2)c1. The number of amides is 1. The first-order valence-electron chi connectivity index (χ1n) is 9.38. The van der Waals surface area contributed by atoms with E-state index in [0.29, 0.717) is 6.54 Å². The van der Waals surface area contributed by atoms with Crippen LogP contribution in [0.4, 0.5) is 5.82 Å². The maximum absolute atomic E-state index is 12.8. The minimum Gasteiger partial charge on any atom is -0.310 e. The van der Waals surface area contributed by atoms with Crippen LogP contribution >= 0.6 is 23.5 Å². The molecule has 3 aromatic rings. The molecule has 1 amide bonds. The first-order chi connectivity index (χ1) is 13.7. The van der Waals surface area contributed by atoms with E-state index in [9.17, 15) is 4.79 Å². The smallest absolute Gasteiger partial charge is 0.239 e. The van der Waals surface area contributed by atoms with Crippen molar-refractivity contribution in [2.24, 2.45) is 0 Å². The van der Waals surface area contributed by atoms with E-state index in [1.54, 1.807) is 11.8 Å². The Balaban J connectivity index is 1.63. The topological polar surface area (TPSA) is 46.9 Å². The van der Waals surface area contributed by atoms with E-state index >= 15 is 0 Å². The monoisotopic (exact) mass is 409 g/mol. The van der Waals surface area contributed by atoms with E-state index in [0.717, 1.165) is 39.9 Å². The highest BCUT2D eigenvalue weighted by molar-refractivity contribution is 8.07. The van der Waals surface area contributed by atoms with Gasteiger partial charge in [0, 0.05) is 28.9 Å². The molecule has 1 unspecified atom stereocenters. The van der Waals surface area contributed by atoms with Crippen LogP contribution in [0.5, 0.6) is 0 Å². The van der Waals surface area contributed by atoms with Crippen LogP contribution in [-0.4, -0.2) is 38.2 Å². The molecule has 1 saturated heterocycles. The summed E-state index contributed by atoms with van der Waals surface area (Å²) in [6.07, 6.45) is 0. The number of carbonyl (C=O) groups is 1. The van der Waals surface area contributed by atoms with Gasteiger partial charge in [0.05, 0.1) is 17.5 Å². The number of aryl methyl sites for hydroxylation is 1. The molecule has 1 aliphatic heterocycles. The normalized spacial score (nSPS) is 16.7. The summed E-state index contributed by atoms with van der Waals surface area (Å²) < 4.78 is 1.89. The van der Waals surface area contributed by atoms with Gasteiger partial charge in [-0.3, -0.25) is 4.79 Å². The summed E-state index contributed by atoms with van der Waals surface area (Å²) in [5.74, 6) is 3.84. The minimum atomic E-state index is 0.00115. The van der Waals surface area contributed by atoms with Gasteiger partial charge in [0.25, 0.3) is 0 Å². The maximum Gasteiger partial charge on any atom is 0.239 e. The van der Waals surface area contributed by atoms with Crippen LogP contribution in [0.2, 0.25) is 0 Å². The molecule has 0 bridgehead atoms. The van der Waals surface area contributed by atoms with Crippen molar-refractivity contribution in [3.05, 3.63) is 71.8 Å². The van der Waals surface area contributed by atoms with Crippen LogP contribution in [-0.2, 0) is 11.3 Å². The number of benzene rings is 2. The Labute approximate surface area is 174 Å². The Morgan fingerprint density at radius 1 is 1.14 bits per heavy atom. The fourth-order valence-corrected chi connectivity index (χ4v) is 5.74. The molecule has 0 aliphatic carbocycles. The van der Waals surface area contributed by atoms with Gasteiger partial charge in [-0.25, -0.2) is 4.68 Å². The highest BCUT2D eigenvalue weighted by Gasteiger charge is 2.23. The first kappa shape index (κ1) is 19.2. The molecule has 1 N–H and O–H groups in total. The molecule has 0 spiro atoms. The largest absolute Gasteiger partial charge is 0.310 e. The number of nitrogens with one attached hydrogen (secondary N) is 1. The zero-order valence-corrected chi connectivity index (χ0v) is 17.4. The Hall–Kier alpha value is -2.18. The summed E-state index contributed by atoms with van der Waals surface area (Å²) in [6.45, 7) is 2.69. The third kappa shape index (κ3) is 4.62. The van der Waals surface area contributed by atoms with Crippen LogP contribution < -0.4 is 5.32 Å². The molecule has 2 aromatic carbocycles. The Kier molecular flexibility index (Phi) is 6.07. The van der Waals surface area contributed by atoms with Crippen molar-refractivity contribution in [3.63, 3.8) is 0 Å². The standard InChI is InChI=1S/C22H23N3OS2/c1-16-6-5-9-18(12-16)19-13-21(23-22(26)20-15-27-10-11-28-20)25(24-19)14-17-7-3-2-4-8-17/h2-9,12-13,20H,10-11,14-15H2,1H3,(H,23,26). The van der Waals surface area contributed by atoms with Crippen LogP contribution in [0.1, 0.15) is 11.1 Å². The van der Waals surface area contributed by atoms with Gasteiger partial charge in [0.2, 0.25) is 5.91 Å². The van der Waals surface area contributed by atoms with E-state index in [4.69, 9.17) is 5.10 Å². The third-order valence-corrected chi connectivity index (χ3v) is 7.38. The van der Waals surface area contributed by atoms with Crippen molar-refractivity contribution < 1.29 is 4.79 Å². The molecular weight excluding hydrogens is 386 g/mol. The number of thioether (sulfide) groups is 2. The average molecular weight is 410 g/mol. The molecule has 2 heterocycles. The lowest BCUT2D eigenvalue weighted by Crippen LogP contribution is -2.31. The highest BCUT2D eigenvalue weighted by Crippen LogP contribution is 2.27. The molecule has 4 nitrogen and oxygen atoms in total. The van der Waals surface area contributed by atoms with Crippen molar-refractivity contribution in [2.75, 3.05) is 22.6 Å². The molecule has 1 aliphatic rings. The number of rotatable bonds is 5. The van der Waals surface area contributed by atoms with Crippen LogP contribution in [0.3, 0.4) is 0 Å². The first-order valence-corrected chi connectivity index (χ1v) is 11.6. The lowest BCUT2D eigenvalue weighted by atomic mass is 10.1. The van der Waals surface area contributed by atoms with Crippen LogP contribution in [0.25, 0.3) is 11.3 Å². The van der Waals surface area contributed by atoms with Crippen LogP contribution in [0, 0.1) is 6.92 Å². The molecule has 144 valence electrons. The van der Waals surface area contributed by atoms with Crippen molar-refractivity contribution in [1.29, 1.82) is 0 Å². The van der Waals surface area contributed by atoms with Gasteiger partial charge in [-0.15, -0.1) is 11.8 Å². The van der Waals surface area contributed by atoms with Crippen molar-refractivity contribution in [3.8, 4) is 11.3 Å². The average Bonchev–Trinajstić information content (AvgIpc) is 3.12. The van der Waals surface area contributed by atoms with E-state index < -0.39 is 0 Å². The van der Waals surface area contributed by atoms with Gasteiger partial charge in [-0.05, 0) is 18.6 Å². The molecule has 0 radical (unpaired) electrons. The number of hydrogen-bond acceptors (Lipinski definition) is 4. The van der Waals surface area contributed by atoms with E-state index in [2.05, 4.69) is 42.6 Å². The molecule has 1 aromatic heterocycles. The molecule has 28 heavy (non-hydrogen) atoms. The molecule has 1 atom stereocenters. The summed E-state index contributed by atoms with van der Waals surface area (Å²) >= 11 is 3.59. The van der Waals surface area contributed by atoms with Gasteiger partial charge < -0.3 is 5.32 Å². The second-order valence-electron chi connectivity index (χ2n) is 6.85. The second-order valence-corrected chi connectivity index (χ2v) is 9.31. The predicted molar refractivity (Wildman–Crippen MR) is 120 cm³/mol. The fraction of sp³-hybridized carbons (Fsp3) is 0.273. The zero-order valence-electron chi connectivity index (χ0n) is 15.8. The summed E-state index contributed by atoms with van der Waals surface area (Å²) in [7, 11) is 0. The highest BCUT2D eigenvalue weighted by atomic mass is 32.2. The third-order valence-electron chi connectivity index (χ3n) is 4.63.